The zero-order chi connectivity index (χ0) is 21.8. The van der Waals surface area contributed by atoms with E-state index in [4.69, 9.17) is 0 Å². The number of phenols is 1. The Bertz CT molecular complexity index is 1210. The highest BCUT2D eigenvalue weighted by molar-refractivity contribution is 7.17. The molecule has 0 bridgehead atoms. The van der Waals surface area contributed by atoms with E-state index in [1.807, 2.05) is 43.5 Å². The normalized spacial score (nSPS) is 11.9. The number of thiophene rings is 1. The number of nitrogens with zero attached hydrogens (tertiary/aromatic N) is 3. The number of hydrogen-bond donors (Lipinski definition) is 3. The molecule has 158 valence electrons. The summed E-state index contributed by atoms with van der Waals surface area (Å²) in [6, 6.07) is 12.6. The minimum Gasteiger partial charge on any atom is -0.508 e. The van der Waals surface area contributed by atoms with Gasteiger partial charge in [-0.15, -0.1) is 11.3 Å². The summed E-state index contributed by atoms with van der Waals surface area (Å²) in [4.78, 5) is 26.5. The molecule has 0 radical (unpaired) electrons. The second-order valence-corrected chi connectivity index (χ2v) is 8.17. The second kappa shape index (κ2) is 9.09. The molecule has 7 nitrogen and oxygen atoms in total. The van der Waals surface area contributed by atoms with Gasteiger partial charge in [0.1, 0.15) is 5.75 Å². The minimum atomic E-state index is -0.247. The summed E-state index contributed by atoms with van der Waals surface area (Å²) in [7, 11) is 0. The zero-order valence-electron chi connectivity index (χ0n) is 17.3. The van der Waals surface area contributed by atoms with E-state index in [-0.39, 0.29) is 17.7 Å². The molecule has 3 aromatic heterocycles. The van der Waals surface area contributed by atoms with Crippen molar-refractivity contribution in [2.75, 3.05) is 11.9 Å². The SMILES string of the molecule is Cc1csc2c(C(=O)NCCc3cccc(O)c3)nc(N[C@@H](C)c3ccccn3)nc12. The molecule has 1 aromatic carbocycles. The first-order valence-electron chi connectivity index (χ1n) is 10.0. The van der Waals surface area contributed by atoms with Crippen LogP contribution in [-0.2, 0) is 6.42 Å². The minimum absolute atomic E-state index is 0.112. The Hall–Kier alpha value is -3.52. The molecule has 4 rings (SSSR count). The third-order valence-electron chi connectivity index (χ3n) is 4.89. The van der Waals surface area contributed by atoms with Crippen molar-refractivity contribution in [2.45, 2.75) is 26.3 Å². The molecule has 4 aromatic rings. The molecular weight excluding hydrogens is 410 g/mol. The lowest BCUT2D eigenvalue weighted by atomic mass is 10.1. The summed E-state index contributed by atoms with van der Waals surface area (Å²) in [6.07, 6.45) is 2.35. The fraction of sp³-hybridized carbons (Fsp3) is 0.217. The van der Waals surface area contributed by atoms with Gasteiger partial charge in [-0.2, -0.15) is 0 Å². The third-order valence-corrected chi connectivity index (χ3v) is 5.99. The number of phenolic OH excluding ortho intramolecular Hbond substituents is 1. The Labute approximate surface area is 184 Å². The van der Waals surface area contributed by atoms with Crippen LogP contribution in [0.25, 0.3) is 10.2 Å². The van der Waals surface area contributed by atoms with E-state index in [0.29, 0.717) is 24.6 Å². The molecule has 0 aliphatic carbocycles. The molecule has 0 unspecified atom stereocenters. The van der Waals surface area contributed by atoms with Crippen LogP contribution in [0.15, 0.2) is 54.0 Å². The number of aryl methyl sites for hydroxylation is 1. The molecule has 0 spiro atoms. The average molecular weight is 434 g/mol. The first-order chi connectivity index (χ1) is 15.0. The predicted octanol–water partition coefficient (Wildman–Crippen LogP) is 4.25. The number of carbonyl (C=O) groups excluding carboxylic acids is 1. The maximum absolute atomic E-state index is 12.9. The van der Waals surface area contributed by atoms with Crippen LogP contribution in [0.3, 0.4) is 0 Å². The number of aromatic hydroxyl groups is 1. The number of pyridine rings is 1. The number of nitrogens with one attached hydrogen (secondary N) is 2. The number of amides is 1. The molecule has 31 heavy (non-hydrogen) atoms. The monoisotopic (exact) mass is 433 g/mol. The summed E-state index contributed by atoms with van der Waals surface area (Å²) >= 11 is 1.47. The van der Waals surface area contributed by atoms with Crippen LogP contribution in [0.2, 0.25) is 0 Å². The number of rotatable bonds is 7. The molecule has 8 heteroatoms. The largest absolute Gasteiger partial charge is 0.508 e. The van der Waals surface area contributed by atoms with Crippen LogP contribution >= 0.6 is 11.3 Å². The Morgan fingerprint density at radius 2 is 2.06 bits per heavy atom. The molecule has 0 aliphatic heterocycles. The fourth-order valence-electron chi connectivity index (χ4n) is 3.27. The van der Waals surface area contributed by atoms with E-state index < -0.39 is 0 Å². The van der Waals surface area contributed by atoms with Crippen molar-refractivity contribution < 1.29 is 9.90 Å². The summed E-state index contributed by atoms with van der Waals surface area (Å²) in [5.41, 5.74) is 3.95. The van der Waals surface area contributed by atoms with Crippen molar-refractivity contribution in [3.63, 3.8) is 0 Å². The van der Waals surface area contributed by atoms with E-state index in [0.717, 1.165) is 27.0 Å². The maximum Gasteiger partial charge on any atom is 0.271 e. The number of carbonyl (C=O) groups is 1. The highest BCUT2D eigenvalue weighted by Crippen LogP contribution is 2.28. The second-order valence-electron chi connectivity index (χ2n) is 7.29. The van der Waals surface area contributed by atoms with E-state index in [1.165, 1.54) is 11.3 Å². The van der Waals surface area contributed by atoms with E-state index in [9.17, 15) is 9.90 Å². The molecule has 3 heterocycles. The van der Waals surface area contributed by atoms with Crippen LogP contribution in [0.4, 0.5) is 5.95 Å². The van der Waals surface area contributed by atoms with Crippen molar-refractivity contribution in [3.8, 4) is 5.75 Å². The maximum atomic E-state index is 12.9. The van der Waals surface area contributed by atoms with E-state index in [1.54, 1.807) is 24.4 Å². The van der Waals surface area contributed by atoms with Crippen LogP contribution in [0.1, 0.15) is 40.3 Å². The van der Waals surface area contributed by atoms with Crippen LogP contribution < -0.4 is 10.6 Å². The van der Waals surface area contributed by atoms with Crippen molar-refractivity contribution in [1.29, 1.82) is 0 Å². The van der Waals surface area contributed by atoms with Gasteiger partial charge in [-0.05, 0) is 61.0 Å². The molecule has 3 N–H and O–H groups in total. The molecule has 1 amide bonds. The first-order valence-corrected chi connectivity index (χ1v) is 10.9. The van der Waals surface area contributed by atoms with Crippen molar-refractivity contribution in [1.82, 2.24) is 20.3 Å². The van der Waals surface area contributed by atoms with Gasteiger partial charge in [0.05, 0.1) is 22.0 Å². The van der Waals surface area contributed by atoms with Gasteiger partial charge >= 0.3 is 0 Å². The molecule has 0 fully saturated rings. The lowest BCUT2D eigenvalue weighted by Crippen LogP contribution is -2.27. The van der Waals surface area contributed by atoms with Gasteiger partial charge in [-0.25, -0.2) is 9.97 Å². The van der Waals surface area contributed by atoms with Gasteiger partial charge in [-0.3, -0.25) is 9.78 Å². The molecular formula is C23H23N5O2S. The van der Waals surface area contributed by atoms with Gasteiger partial charge in [0.15, 0.2) is 5.69 Å². The lowest BCUT2D eigenvalue weighted by Gasteiger charge is -2.14. The first kappa shape index (κ1) is 20.7. The van der Waals surface area contributed by atoms with Gasteiger partial charge in [0, 0.05) is 12.7 Å². The van der Waals surface area contributed by atoms with Gasteiger partial charge < -0.3 is 15.7 Å². The zero-order valence-corrected chi connectivity index (χ0v) is 18.1. The summed E-state index contributed by atoms with van der Waals surface area (Å²) in [5, 5.41) is 17.8. The third kappa shape index (κ3) is 4.80. The standard InChI is InChI=1S/C23H23N5O2S/c1-14-13-31-21-19(14)27-23(26-15(2)18-8-3-4-10-24-18)28-20(21)22(30)25-11-9-16-6-5-7-17(29)12-16/h3-8,10,12-13,15,29H,9,11H2,1-2H3,(H,25,30)(H,26,27,28)/t15-/m0/s1. The highest BCUT2D eigenvalue weighted by atomic mass is 32.1. The smallest absolute Gasteiger partial charge is 0.271 e. The quantitative estimate of drug-likeness (QED) is 0.403. The number of anilines is 1. The lowest BCUT2D eigenvalue weighted by molar-refractivity contribution is 0.0951. The number of hydrogen-bond acceptors (Lipinski definition) is 7. The predicted molar refractivity (Wildman–Crippen MR) is 123 cm³/mol. The number of aromatic nitrogens is 3. The van der Waals surface area contributed by atoms with Crippen LogP contribution in [0, 0.1) is 6.92 Å². The Kier molecular flexibility index (Phi) is 6.08. The molecule has 1 atom stereocenters. The van der Waals surface area contributed by atoms with Crippen molar-refractivity contribution in [2.24, 2.45) is 0 Å². The highest BCUT2D eigenvalue weighted by Gasteiger charge is 2.19. The summed E-state index contributed by atoms with van der Waals surface area (Å²) < 4.78 is 0.767. The Morgan fingerprint density at radius 3 is 2.84 bits per heavy atom. The Morgan fingerprint density at radius 1 is 1.19 bits per heavy atom. The fourth-order valence-corrected chi connectivity index (χ4v) is 4.24. The van der Waals surface area contributed by atoms with E-state index in [2.05, 4.69) is 25.6 Å². The molecule has 0 aliphatic rings. The van der Waals surface area contributed by atoms with Crippen molar-refractivity contribution in [3.05, 3.63) is 76.6 Å². The Balaban J connectivity index is 1.54. The number of fused-ring (bicyclic) bond motifs is 1. The molecule has 0 saturated heterocycles. The number of benzene rings is 1. The van der Waals surface area contributed by atoms with Crippen LogP contribution in [0.5, 0.6) is 5.75 Å². The molecule has 0 saturated carbocycles. The van der Waals surface area contributed by atoms with Gasteiger partial charge in [0.2, 0.25) is 5.95 Å². The van der Waals surface area contributed by atoms with Gasteiger partial charge in [-0.1, -0.05) is 18.2 Å². The van der Waals surface area contributed by atoms with Crippen molar-refractivity contribution >= 4 is 33.4 Å². The van der Waals surface area contributed by atoms with Crippen LogP contribution in [-0.4, -0.2) is 32.5 Å². The summed E-state index contributed by atoms with van der Waals surface area (Å²) in [6.45, 7) is 4.39. The summed E-state index contributed by atoms with van der Waals surface area (Å²) in [5.74, 6) is 0.362. The average Bonchev–Trinajstić information content (AvgIpc) is 3.14. The van der Waals surface area contributed by atoms with Gasteiger partial charge in [0.25, 0.3) is 5.91 Å². The van der Waals surface area contributed by atoms with E-state index >= 15 is 0 Å². The topological polar surface area (TPSA) is 100 Å².